The number of hydrogen-bond acceptors (Lipinski definition) is 5. The molecule has 29 heavy (non-hydrogen) atoms. The lowest BCUT2D eigenvalue weighted by Crippen LogP contribution is -2.61. The van der Waals surface area contributed by atoms with E-state index in [0.717, 1.165) is 45.4 Å². The summed E-state index contributed by atoms with van der Waals surface area (Å²) in [6.07, 6.45) is 8.79. The van der Waals surface area contributed by atoms with Gasteiger partial charge in [-0.3, -0.25) is 4.90 Å². The second-order valence-electron chi connectivity index (χ2n) is 9.25. The Morgan fingerprint density at radius 2 is 1.79 bits per heavy atom. The quantitative estimate of drug-likeness (QED) is 0.749. The third kappa shape index (κ3) is 3.50. The van der Waals surface area contributed by atoms with Crippen molar-refractivity contribution in [3.8, 4) is 5.75 Å². The Morgan fingerprint density at radius 1 is 1.07 bits per heavy atom. The molecular formula is C22H32N2O4S. The summed E-state index contributed by atoms with van der Waals surface area (Å²) in [5.74, 6) is 0.578. The molecule has 1 aromatic rings. The lowest BCUT2D eigenvalue weighted by Gasteiger charge is -2.51. The van der Waals surface area contributed by atoms with Gasteiger partial charge in [-0.25, -0.2) is 8.42 Å². The molecular weight excluding hydrogens is 388 g/mol. The molecule has 1 unspecified atom stereocenters. The normalized spacial score (nSPS) is 34.1. The topological polar surface area (TPSA) is 59.1 Å². The fourth-order valence-electron chi connectivity index (χ4n) is 6.24. The van der Waals surface area contributed by atoms with Gasteiger partial charge in [0, 0.05) is 37.3 Å². The summed E-state index contributed by atoms with van der Waals surface area (Å²) in [7, 11) is -1.96. The lowest BCUT2D eigenvalue weighted by atomic mass is 9.85. The van der Waals surface area contributed by atoms with Crippen LogP contribution < -0.4 is 4.74 Å². The van der Waals surface area contributed by atoms with E-state index in [1.807, 2.05) is 0 Å². The van der Waals surface area contributed by atoms with Gasteiger partial charge in [-0.2, -0.15) is 4.31 Å². The van der Waals surface area contributed by atoms with Crippen LogP contribution in [0.25, 0.3) is 0 Å². The number of morpholine rings is 1. The number of methoxy groups -OCH3 is 1. The average Bonchev–Trinajstić information content (AvgIpc) is 3.36. The highest BCUT2D eigenvalue weighted by Crippen LogP contribution is 2.47. The summed E-state index contributed by atoms with van der Waals surface area (Å²) in [4.78, 5) is 2.98. The van der Waals surface area contributed by atoms with Crippen LogP contribution in [0.2, 0.25) is 0 Å². The number of rotatable bonds is 4. The monoisotopic (exact) mass is 420 g/mol. The molecule has 6 nitrogen and oxygen atoms in total. The van der Waals surface area contributed by atoms with Crippen LogP contribution in [0.15, 0.2) is 29.2 Å². The van der Waals surface area contributed by atoms with Crippen LogP contribution >= 0.6 is 0 Å². The molecule has 3 heterocycles. The zero-order chi connectivity index (χ0) is 20.1. The van der Waals surface area contributed by atoms with Gasteiger partial charge in [0.2, 0.25) is 10.0 Å². The van der Waals surface area contributed by atoms with E-state index >= 15 is 0 Å². The number of piperidine rings is 1. The van der Waals surface area contributed by atoms with Crippen molar-refractivity contribution in [3.05, 3.63) is 24.3 Å². The lowest BCUT2D eigenvalue weighted by molar-refractivity contribution is -0.148. The highest BCUT2D eigenvalue weighted by Gasteiger charge is 2.54. The molecule has 1 saturated carbocycles. The minimum atomic E-state index is -3.53. The first kappa shape index (κ1) is 19.8. The van der Waals surface area contributed by atoms with E-state index in [1.165, 1.54) is 25.7 Å². The zero-order valence-electron chi connectivity index (χ0n) is 17.3. The molecule has 5 rings (SSSR count). The van der Waals surface area contributed by atoms with Gasteiger partial charge >= 0.3 is 0 Å². The number of ether oxygens (including phenoxy) is 2. The van der Waals surface area contributed by atoms with E-state index in [1.54, 1.807) is 35.7 Å². The number of fused-ring (bicyclic) bond motifs is 2. The fourth-order valence-corrected chi connectivity index (χ4v) is 8.15. The third-order valence-corrected chi connectivity index (χ3v) is 9.50. The van der Waals surface area contributed by atoms with Crippen LogP contribution in [0.5, 0.6) is 5.75 Å². The van der Waals surface area contributed by atoms with Gasteiger partial charge in [-0.1, -0.05) is 18.9 Å². The third-order valence-electron chi connectivity index (χ3n) is 7.50. The summed E-state index contributed by atoms with van der Waals surface area (Å²) >= 11 is 0. The number of benzene rings is 1. The van der Waals surface area contributed by atoms with Gasteiger partial charge < -0.3 is 9.47 Å². The van der Waals surface area contributed by atoms with Crippen molar-refractivity contribution in [2.45, 2.75) is 80.0 Å². The van der Waals surface area contributed by atoms with E-state index in [9.17, 15) is 8.42 Å². The van der Waals surface area contributed by atoms with Gasteiger partial charge in [0.1, 0.15) is 5.75 Å². The highest BCUT2D eigenvalue weighted by molar-refractivity contribution is 7.89. The van der Waals surface area contributed by atoms with Gasteiger partial charge in [0.05, 0.1) is 24.2 Å². The van der Waals surface area contributed by atoms with Crippen molar-refractivity contribution in [3.63, 3.8) is 0 Å². The first-order valence-corrected chi connectivity index (χ1v) is 12.5. The average molecular weight is 421 g/mol. The standard InChI is InChI=1S/C22H32N2O4S/c1-27-20-7-4-8-21(13-20)29(25,26)24-18-9-10-19(24)15-22(14-18)16-23(11-12-28-22)17-5-2-3-6-17/h4,7-8,13,17-19H,2-3,5-6,9-12,14-16H2,1H3/t18-,19+,22?. The minimum absolute atomic E-state index is 0.0356. The first-order chi connectivity index (χ1) is 14.0. The molecule has 3 saturated heterocycles. The van der Waals surface area contributed by atoms with Crippen LogP contribution in [0, 0.1) is 0 Å². The predicted octanol–water partition coefficient (Wildman–Crippen LogP) is 3.02. The van der Waals surface area contributed by atoms with E-state index in [4.69, 9.17) is 9.47 Å². The summed E-state index contributed by atoms with van der Waals surface area (Å²) in [5.41, 5.74) is -0.174. The summed E-state index contributed by atoms with van der Waals surface area (Å²) < 4.78 is 40.4. The summed E-state index contributed by atoms with van der Waals surface area (Å²) in [6, 6.07) is 7.63. The molecule has 1 aliphatic carbocycles. The van der Waals surface area contributed by atoms with Crippen molar-refractivity contribution < 1.29 is 17.9 Å². The highest BCUT2D eigenvalue weighted by atomic mass is 32.2. The maximum absolute atomic E-state index is 13.5. The van der Waals surface area contributed by atoms with Gasteiger partial charge in [0.15, 0.2) is 0 Å². The number of hydrogen-bond donors (Lipinski definition) is 0. The van der Waals surface area contributed by atoms with Crippen molar-refractivity contribution in [1.29, 1.82) is 0 Å². The molecule has 160 valence electrons. The molecule has 3 atom stereocenters. The van der Waals surface area contributed by atoms with Gasteiger partial charge in [-0.05, 0) is 50.7 Å². The van der Waals surface area contributed by atoms with Crippen LogP contribution in [0.4, 0.5) is 0 Å². The van der Waals surface area contributed by atoms with Crippen molar-refractivity contribution in [2.75, 3.05) is 26.8 Å². The molecule has 0 N–H and O–H groups in total. The molecule has 1 aromatic carbocycles. The molecule has 4 aliphatic rings. The first-order valence-electron chi connectivity index (χ1n) is 11.1. The fraction of sp³-hybridized carbons (Fsp3) is 0.727. The maximum atomic E-state index is 13.5. The zero-order valence-corrected chi connectivity index (χ0v) is 18.1. The summed E-state index contributed by atoms with van der Waals surface area (Å²) in [6.45, 7) is 2.77. The Bertz CT molecular complexity index is 838. The Labute approximate surface area is 174 Å². The molecule has 2 bridgehead atoms. The Hall–Kier alpha value is -1.15. The van der Waals surface area contributed by atoms with Gasteiger partial charge in [-0.15, -0.1) is 0 Å². The van der Waals surface area contributed by atoms with Crippen LogP contribution in [0.3, 0.4) is 0 Å². The molecule has 3 aliphatic heterocycles. The van der Waals surface area contributed by atoms with Crippen LogP contribution in [-0.4, -0.2) is 68.2 Å². The van der Waals surface area contributed by atoms with E-state index in [0.29, 0.717) is 16.7 Å². The molecule has 0 radical (unpaired) electrons. The number of sulfonamides is 1. The smallest absolute Gasteiger partial charge is 0.243 e. The van der Waals surface area contributed by atoms with Crippen molar-refractivity contribution in [2.24, 2.45) is 0 Å². The minimum Gasteiger partial charge on any atom is -0.497 e. The van der Waals surface area contributed by atoms with Gasteiger partial charge in [0.25, 0.3) is 0 Å². The molecule has 7 heteroatoms. The van der Waals surface area contributed by atoms with E-state index in [-0.39, 0.29) is 17.7 Å². The predicted molar refractivity (Wildman–Crippen MR) is 111 cm³/mol. The second kappa shape index (κ2) is 7.52. The van der Waals surface area contributed by atoms with E-state index in [2.05, 4.69) is 4.90 Å². The second-order valence-corrected chi connectivity index (χ2v) is 11.1. The largest absolute Gasteiger partial charge is 0.497 e. The SMILES string of the molecule is COc1cccc(S(=O)(=O)N2[C@@H]3CC[C@H]2CC2(C3)CN(C3CCCC3)CCO2)c1. The van der Waals surface area contributed by atoms with Crippen molar-refractivity contribution >= 4 is 10.0 Å². The molecule has 4 fully saturated rings. The number of nitrogens with zero attached hydrogens (tertiary/aromatic N) is 2. The summed E-state index contributed by atoms with van der Waals surface area (Å²) in [5, 5.41) is 0. The Balaban J connectivity index is 1.37. The Kier molecular flexibility index (Phi) is 5.13. The van der Waals surface area contributed by atoms with Crippen LogP contribution in [-0.2, 0) is 14.8 Å². The maximum Gasteiger partial charge on any atom is 0.243 e. The Morgan fingerprint density at radius 3 is 2.48 bits per heavy atom. The molecule has 1 spiro atoms. The van der Waals surface area contributed by atoms with Crippen molar-refractivity contribution in [1.82, 2.24) is 9.21 Å². The molecule has 0 aromatic heterocycles. The van der Waals surface area contributed by atoms with Crippen LogP contribution in [0.1, 0.15) is 51.4 Å². The van der Waals surface area contributed by atoms with E-state index < -0.39 is 10.0 Å². The molecule has 0 amide bonds.